The van der Waals surface area contributed by atoms with Gasteiger partial charge in [0.15, 0.2) is 10.9 Å². The fourth-order valence-electron chi connectivity index (χ4n) is 4.37. The lowest BCUT2D eigenvalue weighted by atomic mass is 9.74. The van der Waals surface area contributed by atoms with Crippen LogP contribution in [0.15, 0.2) is 59.2 Å². The van der Waals surface area contributed by atoms with Crippen molar-refractivity contribution < 1.29 is 4.79 Å². The van der Waals surface area contributed by atoms with Gasteiger partial charge >= 0.3 is 0 Å². The first kappa shape index (κ1) is 19.2. The zero-order valence-electron chi connectivity index (χ0n) is 16.4. The van der Waals surface area contributed by atoms with E-state index < -0.39 is 5.92 Å². The number of ketones is 1. The summed E-state index contributed by atoms with van der Waals surface area (Å²) in [6.07, 6.45) is 3.49. The predicted molar refractivity (Wildman–Crippen MR) is 113 cm³/mol. The van der Waals surface area contributed by atoms with E-state index in [1.54, 1.807) is 23.2 Å². The van der Waals surface area contributed by atoms with Crippen LogP contribution in [0.5, 0.6) is 0 Å². The molecule has 2 heterocycles. The van der Waals surface area contributed by atoms with E-state index in [0.717, 1.165) is 28.8 Å². The summed E-state index contributed by atoms with van der Waals surface area (Å²) in [4.78, 5) is 19.0. The number of aromatic nitrogens is 1. The van der Waals surface area contributed by atoms with Gasteiger partial charge < -0.3 is 5.73 Å². The molecular formula is C23H21ClN4O. The van der Waals surface area contributed by atoms with Crippen molar-refractivity contribution >= 4 is 23.1 Å². The lowest BCUT2D eigenvalue weighted by Crippen LogP contribution is -2.39. The summed E-state index contributed by atoms with van der Waals surface area (Å²) in [5.74, 6) is -0.0996. The van der Waals surface area contributed by atoms with Crippen LogP contribution >= 0.6 is 11.6 Å². The van der Waals surface area contributed by atoms with Gasteiger partial charge in [-0.05, 0) is 49.9 Å². The van der Waals surface area contributed by atoms with E-state index in [4.69, 9.17) is 17.3 Å². The fourth-order valence-corrected chi connectivity index (χ4v) is 4.57. The molecule has 1 atom stereocenters. The molecule has 0 radical (unpaired) electrons. The molecule has 1 unspecified atom stereocenters. The Hall–Kier alpha value is -3.10. The number of halogens is 1. The van der Waals surface area contributed by atoms with E-state index in [-0.39, 0.29) is 10.9 Å². The first-order valence-corrected chi connectivity index (χ1v) is 9.95. The molecule has 0 spiro atoms. The van der Waals surface area contributed by atoms with Crippen molar-refractivity contribution in [2.75, 3.05) is 4.90 Å². The zero-order chi connectivity index (χ0) is 20.7. The van der Waals surface area contributed by atoms with E-state index in [1.807, 2.05) is 26.0 Å². The summed E-state index contributed by atoms with van der Waals surface area (Å²) in [7, 11) is 0. The minimum absolute atomic E-state index is 0.0569. The number of allylic oxidation sites excluding steroid dienone is 3. The van der Waals surface area contributed by atoms with Crippen LogP contribution in [0.25, 0.3) is 0 Å². The topological polar surface area (TPSA) is 83.0 Å². The van der Waals surface area contributed by atoms with Crippen LogP contribution in [0.1, 0.15) is 41.9 Å². The van der Waals surface area contributed by atoms with E-state index >= 15 is 0 Å². The number of nitrogens with zero attached hydrogens (tertiary/aromatic N) is 3. The Morgan fingerprint density at radius 3 is 2.76 bits per heavy atom. The first-order chi connectivity index (χ1) is 13.9. The quantitative estimate of drug-likeness (QED) is 0.736. The average molecular weight is 405 g/mol. The van der Waals surface area contributed by atoms with Gasteiger partial charge in [-0.15, -0.1) is 0 Å². The number of anilines is 1. The fraction of sp³-hybridized carbons (Fsp3) is 0.261. The number of hydrogen-bond donors (Lipinski definition) is 1. The number of carbonyl (C=O) groups excluding carboxylic acids is 1. The zero-order valence-corrected chi connectivity index (χ0v) is 17.1. The molecule has 2 aromatic rings. The van der Waals surface area contributed by atoms with Gasteiger partial charge in [0.1, 0.15) is 5.82 Å². The third kappa shape index (κ3) is 3.10. The molecule has 4 rings (SSSR count). The van der Waals surface area contributed by atoms with Crippen LogP contribution in [-0.4, -0.2) is 10.8 Å². The minimum atomic E-state index is -0.463. The monoisotopic (exact) mass is 404 g/mol. The standard InChI is InChI=1S/C23H21ClN4O/c1-13-8-9-15(14(2)11-13)20-16(12-25)23(26)28(18-6-4-10-27-22(18)24)17-5-3-7-19(29)21(17)20/h4,6,8-11,20H,3,5,7,26H2,1-2H3. The summed E-state index contributed by atoms with van der Waals surface area (Å²) in [5, 5.41) is 10.3. The Morgan fingerprint density at radius 2 is 2.07 bits per heavy atom. The smallest absolute Gasteiger partial charge is 0.161 e. The van der Waals surface area contributed by atoms with Crippen LogP contribution in [0.2, 0.25) is 5.15 Å². The van der Waals surface area contributed by atoms with E-state index in [2.05, 4.69) is 17.1 Å². The number of Topliss-reactive ketones (excluding diaryl/α,β-unsaturated/α-hetero) is 1. The van der Waals surface area contributed by atoms with Gasteiger partial charge in [-0.3, -0.25) is 9.69 Å². The number of carbonyl (C=O) groups is 1. The average Bonchev–Trinajstić information content (AvgIpc) is 2.69. The second-order valence-electron chi connectivity index (χ2n) is 7.49. The van der Waals surface area contributed by atoms with Crippen molar-refractivity contribution in [3.63, 3.8) is 0 Å². The van der Waals surface area contributed by atoms with Crippen LogP contribution in [0.4, 0.5) is 5.69 Å². The molecular weight excluding hydrogens is 384 g/mol. The van der Waals surface area contributed by atoms with Crippen molar-refractivity contribution in [3.05, 3.63) is 81.0 Å². The maximum Gasteiger partial charge on any atom is 0.161 e. The predicted octanol–water partition coefficient (Wildman–Crippen LogP) is 4.66. The van der Waals surface area contributed by atoms with E-state index in [1.165, 1.54) is 0 Å². The molecule has 146 valence electrons. The summed E-state index contributed by atoms with van der Waals surface area (Å²) >= 11 is 6.36. The summed E-state index contributed by atoms with van der Waals surface area (Å²) in [6, 6.07) is 11.9. The van der Waals surface area contributed by atoms with Crippen molar-refractivity contribution in [1.82, 2.24) is 4.98 Å². The highest BCUT2D eigenvalue weighted by atomic mass is 35.5. The van der Waals surface area contributed by atoms with Crippen LogP contribution < -0.4 is 10.6 Å². The van der Waals surface area contributed by atoms with Gasteiger partial charge in [0, 0.05) is 23.9 Å². The molecule has 1 aliphatic carbocycles. The van der Waals surface area contributed by atoms with Gasteiger partial charge in [-0.2, -0.15) is 5.26 Å². The van der Waals surface area contributed by atoms with Gasteiger partial charge in [-0.25, -0.2) is 4.98 Å². The number of benzene rings is 1. The van der Waals surface area contributed by atoms with Gasteiger partial charge in [0.25, 0.3) is 0 Å². The molecule has 0 saturated heterocycles. The van der Waals surface area contributed by atoms with Crippen LogP contribution in [0, 0.1) is 25.2 Å². The van der Waals surface area contributed by atoms with Crippen LogP contribution in [-0.2, 0) is 4.79 Å². The highest BCUT2D eigenvalue weighted by Crippen LogP contribution is 2.47. The van der Waals surface area contributed by atoms with Gasteiger partial charge in [-0.1, -0.05) is 35.4 Å². The summed E-state index contributed by atoms with van der Waals surface area (Å²) in [5.41, 5.74) is 12.1. The first-order valence-electron chi connectivity index (χ1n) is 9.57. The second kappa shape index (κ2) is 7.38. The number of nitrogens with two attached hydrogens (primary N) is 1. The number of aryl methyl sites for hydroxylation is 2. The summed E-state index contributed by atoms with van der Waals surface area (Å²) < 4.78 is 0. The SMILES string of the molecule is Cc1ccc(C2C(C#N)=C(N)N(c3cccnc3Cl)C3=C2C(=O)CCC3)c(C)c1. The Balaban J connectivity index is 2.01. The van der Waals surface area contributed by atoms with Gasteiger partial charge in [0.05, 0.1) is 23.2 Å². The van der Waals surface area contributed by atoms with Crippen molar-refractivity contribution in [3.8, 4) is 6.07 Å². The maximum absolute atomic E-state index is 13.1. The molecule has 0 saturated carbocycles. The maximum atomic E-state index is 13.1. The highest BCUT2D eigenvalue weighted by molar-refractivity contribution is 6.32. The molecule has 2 N–H and O–H groups in total. The van der Waals surface area contributed by atoms with Crippen LogP contribution in [0.3, 0.4) is 0 Å². The number of rotatable bonds is 2. The number of pyridine rings is 1. The molecule has 2 aliphatic rings. The highest BCUT2D eigenvalue weighted by Gasteiger charge is 2.41. The third-order valence-electron chi connectivity index (χ3n) is 5.63. The van der Waals surface area contributed by atoms with E-state index in [9.17, 15) is 10.1 Å². The third-order valence-corrected chi connectivity index (χ3v) is 5.92. The molecule has 1 aliphatic heterocycles. The molecule has 29 heavy (non-hydrogen) atoms. The Morgan fingerprint density at radius 1 is 1.28 bits per heavy atom. The second-order valence-corrected chi connectivity index (χ2v) is 7.85. The normalized spacial score (nSPS) is 19.3. The lowest BCUT2D eigenvalue weighted by molar-refractivity contribution is -0.116. The number of hydrogen-bond acceptors (Lipinski definition) is 5. The molecule has 0 bridgehead atoms. The largest absolute Gasteiger partial charge is 0.384 e. The molecule has 1 aromatic heterocycles. The Labute approximate surface area is 175 Å². The van der Waals surface area contributed by atoms with Crippen molar-refractivity contribution in [2.45, 2.75) is 39.0 Å². The Bertz CT molecular complexity index is 1130. The molecule has 0 fully saturated rings. The molecule has 1 aromatic carbocycles. The van der Waals surface area contributed by atoms with Crippen molar-refractivity contribution in [2.24, 2.45) is 5.73 Å². The van der Waals surface area contributed by atoms with Crippen molar-refractivity contribution in [1.29, 1.82) is 5.26 Å². The minimum Gasteiger partial charge on any atom is -0.384 e. The summed E-state index contributed by atoms with van der Waals surface area (Å²) in [6.45, 7) is 4.03. The Kier molecular flexibility index (Phi) is 4.89. The number of nitriles is 1. The molecule has 0 amide bonds. The van der Waals surface area contributed by atoms with E-state index in [0.29, 0.717) is 35.5 Å². The lowest BCUT2D eigenvalue weighted by Gasteiger charge is -2.40. The molecule has 6 heteroatoms. The van der Waals surface area contributed by atoms with Gasteiger partial charge in [0.2, 0.25) is 0 Å². The molecule has 5 nitrogen and oxygen atoms in total.